The number of halogens is 2. The monoisotopic (exact) mass is 349 g/mol. The summed E-state index contributed by atoms with van der Waals surface area (Å²) in [4.78, 5) is 16.7. The fourth-order valence-electron chi connectivity index (χ4n) is 2.57. The van der Waals surface area contributed by atoms with Gasteiger partial charge in [-0.25, -0.2) is 0 Å². The van der Waals surface area contributed by atoms with Crippen molar-refractivity contribution in [3.8, 4) is 0 Å². The number of nitrogen functional groups attached to an aromatic ring is 1. The van der Waals surface area contributed by atoms with Crippen molar-refractivity contribution in [2.24, 2.45) is 0 Å². The molecule has 1 aliphatic rings. The van der Waals surface area contributed by atoms with Crippen molar-refractivity contribution >= 4 is 36.4 Å². The lowest BCUT2D eigenvalue weighted by atomic mass is 10.1. The Balaban J connectivity index is 0.00000220. The average Bonchev–Trinajstić information content (AvgIpc) is 2.45. The van der Waals surface area contributed by atoms with Crippen LogP contribution in [0.5, 0.6) is 0 Å². The van der Waals surface area contributed by atoms with Crippen LogP contribution in [0.25, 0.3) is 0 Å². The second-order valence-corrected chi connectivity index (χ2v) is 5.25. The predicted octanol–water partition coefficient (Wildman–Crippen LogP) is 1.91. The highest BCUT2D eigenvalue weighted by molar-refractivity contribution is 5.95. The maximum atomic E-state index is 12.4. The molecule has 0 spiro atoms. The highest BCUT2D eigenvalue weighted by Gasteiger charge is 2.26. The lowest BCUT2D eigenvalue weighted by molar-refractivity contribution is 0.0434. The topological polar surface area (TPSA) is 58.8 Å². The SMILES string of the molecule is COCCN1CCN(C(=O)c2cccc(N)c2)CC1C.Cl.Cl. The molecule has 1 aromatic carbocycles. The second kappa shape index (κ2) is 9.90. The summed E-state index contributed by atoms with van der Waals surface area (Å²) >= 11 is 0. The molecule has 1 heterocycles. The third-order valence-electron chi connectivity index (χ3n) is 3.77. The van der Waals surface area contributed by atoms with Crippen molar-refractivity contribution in [2.75, 3.05) is 45.6 Å². The van der Waals surface area contributed by atoms with Crippen molar-refractivity contribution in [2.45, 2.75) is 13.0 Å². The number of ether oxygens (including phenoxy) is 1. The number of hydrogen-bond acceptors (Lipinski definition) is 4. The van der Waals surface area contributed by atoms with E-state index >= 15 is 0 Å². The van der Waals surface area contributed by atoms with Crippen molar-refractivity contribution in [3.63, 3.8) is 0 Å². The third-order valence-corrected chi connectivity index (χ3v) is 3.77. The molecule has 22 heavy (non-hydrogen) atoms. The molecule has 1 atom stereocenters. The molecule has 1 fully saturated rings. The number of amides is 1. The lowest BCUT2D eigenvalue weighted by Gasteiger charge is -2.39. The first-order valence-corrected chi connectivity index (χ1v) is 6.99. The summed E-state index contributed by atoms with van der Waals surface area (Å²) in [7, 11) is 1.71. The van der Waals surface area contributed by atoms with E-state index < -0.39 is 0 Å². The molecule has 0 aromatic heterocycles. The summed E-state index contributed by atoms with van der Waals surface area (Å²) in [5.41, 5.74) is 7.03. The summed E-state index contributed by atoms with van der Waals surface area (Å²) in [6, 6.07) is 7.53. The molecule has 0 aliphatic carbocycles. The van der Waals surface area contributed by atoms with E-state index in [0.29, 0.717) is 17.3 Å². The molecule has 0 bridgehead atoms. The number of nitrogens with two attached hydrogens (primary N) is 1. The van der Waals surface area contributed by atoms with Crippen LogP contribution >= 0.6 is 24.8 Å². The molecule has 0 radical (unpaired) electrons. The number of anilines is 1. The van der Waals surface area contributed by atoms with Gasteiger partial charge in [0.25, 0.3) is 5.91 Å². The minimum absolute atomic E-state index is 0. The van der Waals surface area contributed by atoms with Gasteiger partial charge >= 0.3 is 0 Å². The summed E-state index contributed by atoms with van der Waals surface area (Å²) < 4.78 is 5.11. The van der Waals surface area contributed by atoms with Crippen molar-refractivity contribution in [1.82, 2.24) is 9.80 Å². The molecule has 2 rings (SSSR count). The number of methoxy groups -OCH3 is 1. The molecule has 126 valence electrons. The van der Waals surface area contributed by atoms with Crippen LogP contribution < -0.4 is 5.73 Å². The van der Waals surface area contributed by atoms with Crippen LogP contribution in [-0.2, 0) is 4.74 Å². The molecule has 1 amide bonds. The molecule has 1 unspecified atom stereocenters. The number of benzene rings is 1. The third kappa shape index (κ3) is 5.32. The van der Waals surface area contributed by atoms with Gasteiger partial charge in [-0.05, 0) is 25.1 Å². The van der Waals surface area contributed by atoms with Crippen LogP contribution in [0.4, 0.5) is 5.69 Å². The number of hydrogen-bond donors (Lipinski definition) is 1. The minimum Gasteiger partial charge on any atom is -0.399 e. The van der Waals surface area contributed by atoms with E-state index in [0.717, 1.165) is 32.8 Å². The largest absolute Gasteiger partial charge is 0.399 e. The van der Waals surface area contributed by atoms with Crippen molar-refractivity contribution in [3.05, 3.63) is 29.8 Å². The lowest BCUT2D eigenvalue weighted by Crippen LogP contribution is -2.54. The van der Waals surface area contributed by atoms with Crippen LogP contribution in [0.15, 0.2) is 24.3 Å². The Morgan fingerprint density at radius 2 is 2.09 bits per heavy atom. The summed E-state index contributed by atoms with van der Waals surface area (Å²) in [6.45, 7) is 6.18. The first-order valence-electron chi connectivity index (χ1n) is 6.99. The van der Waals surface area contributed by atoms with Gasteiger partial charge in [-0.1, -0.05) is 6.07 Å². The molecule has 1 saturated heterocycles. The fraction of sp³-hybridized carbons (Fsp3) is 0.533. The number of carbonyl (C=O) groups excluding carboxylic acids is 1. The Kier molecular flexibility index (Phi) is 9.44. The first-order chi connectivity index (χ1) is 9.61. The smallest absolute Gasteiger partial charge is 0.254 e. The van der Waals surface area contributed by atoms with Gasteiger partial charge in [0.2, 0.25) is 0 Å². The van der Waals surface area contributed by atoms with Crippen LogP contribution in [0.2, 0.25) is 0 Å². The van der Waals surface area contributed by atoms with E-state index in [1.54, 1.807) is 19.2 Å². The number of rotatable bonds is 4. The normalized spacial score (nSPS) is 18.3. The molecule has 7 heteroatoms. The predicted molar refractivity (Wildman–Crippen MR) is 94.2 cm³/mol. The van der Waals surface area contributed by atoms with E-state index in [1.807, 2.05) is 17.0 Å². The van der Waals surface area contributed by atoms with Gasteiger partial charge in [0, 0.05) is 50.6 Å². The minimum atomic E-state index is 0. The highest BCUT2D eigenvalue weighted by atomic mass is 35.5. The highest BCUT2D eigenvalue weighted by Crippen LogP contribution is 2.14. The van der Waals surface area contributed by atoms with Gasteiger partial charge in [0.1, 0.15) is 0 Å². The van der Waals surface area contributed by atoms with Crippen LogP contribution in [0, 0.1) is 0 Å². The average molecular weight is 350 g/mol. The number of piperazine rings is 1. The molecule has 1 aromatic rings. The Morgan fingerprint density at radius 3 is 2.68 bits per heavy atom. The van der Waals surface area contributed by atoms with E-state index in [2.05, 4.69) is 11.8 Å². The number of carbonyl (C=O) groups is 1. The van der Waals surface area contributed by atoms with Gasteiger partial charge in [-0.3, -0.25) is 9.69 Å². The fourth-order valence-corrected chi connectivity index (χ4v) is 2.57. The van der Waals surface area contributed by atoms with Crippen LogP contribution in [0.1, 0.15) is 17.3 Å². The standard InChI is InChI=1S/C15H23N3O2.2ClH/c1-12-11-18(7-6-17(12)8-9-20-2)15(19)13-4-3-5-14(16)10-13;;/h3-5,10,12H,6-9,11,16H2,1-2H3;2*1H. The van der Waals surface area contributed by atoms with Gasteiger partial charge in [-0.15, -0.1) is 24.8 Å². The summed E-state index contributed by atoms with van der Waals surface area (Å²) in [5.74, 6) is 0.0653. The van der Waals surface area contributed by atoms with E-state index in [1.165, 1.54) is 0 Å². The zero-order chi connectivity index (χ0) is 14.5. The molecular weight excluding hydrogens is 325 g/mol. The zero-order valence-electron chi connectivity index (χ0n) is 13.0. The van der Waals surface area contributed by atoms with Gasteiger partial charge < -0.3 is 15.4 Å². The Hall–Kier alpha value is -1.01. The van der Waals surface area contributed by atoms with Crippen molar-refractivity contribution < 1.29 is 9.53 Å². The number of nitrogens with zero attached hydrogens (tertiary/aromatic N) is 2. The summed E-state index contributed by atoms with van der Waals surface area (Å²) in [5, 5.41) is 0. The van der Waals surface area contributed by atoms with Gasteiger partial charge in [0.15, 0.2) is 0 Å². The van der Waals surface area contributed by atoms with Crippen molar-refractivity contribution in [1.29, 1.82) is 0 Å². The quantitative estimate of drug-likeness (QED) is 0.843. The molecular formula is C15H25Cl2N3O2. The Bertz CT molecular complexity index is 474. The van der Waals surface area contributed by atoms with Gasteiger partial charge in [0.05, 0.1) is 6.61 Å². The Labute approximate surface area is 144 Å². The van der Waals surface area contributed by atoms with E-state index in [9.17, 15) is 4.79 Å². The zero-order valence-corrected chi connectivity index (χ0v) is 14.7. The van der Waals surface area contributed by atoms with Crippen LogP contribution in [0.3, 0.4) is 0 Å². The van der Waals surface area contributed by atoms with E-state index in [4.69, 9.17) is 10.5 Å². The molecule has 1 aliphatic heterocycles. The molecule has 0 saturated carbocycles. The van der Waals surface area contributed by atoms with Gasteiger partial charge in [-0.2, -0.15) is 0 Å². The maximum Gasteiger partial charge on any atom is 0.254 e. The van der Waals surface area contributed by atoms with E-state index in [-0.39, 0.29) is 30.7 Å². The summed E-state index contributed by atoms with van der Waals surface area (Å²) in [6.07, 6.45) is 0. The first kappa shape index (κ1) is 21.0. The molecule has 2 N–H and O–H groups in total. The molecule has 5 nitrogen and oxygen atoms in total. The Morgan fingerprint density at radius 1 is 1.36 bits per heavy atom. The maximum absolute atomic E-state index is 12.4. The second-order valence-electron chi connectivity index (χ2n) is 5.25. The van der Waals surface area contributed by atoms with Crippen LogP contribution in [-0.4, -0.2) is 61.6 Å².